The minimum Gasteiger partial charge on any atom is -0.488 e. The highest BCUT2D eigenvalue weighted by Gasteiger charge is 2.15. The molecule has 0 aliphatic carbocycles. The number of hydrogen-bond acceptors (Lipinski definition) is 3. The van der Waals surface area contributed by atoms with Gasteiger partial charge in [-0.05, 0) is 59.6 Å². The molecule has 1 aromatic heterocycles. The summed E-state index contributed by atoms with van der Waals surface area (Å²) >= 11 is 3.47. The summed E-state index contributed by atoms with van der Waals surface area (Å²) < 4.78 is 8.50. The van der Waals surface area contributed by atoms with Crippen molar-refractivity contribution in [3.63, 3.8) is 0 Å². The average molecular weight is 428 g/mol. The molecule has 1 amide bonds. The van der Waals surface area contributed by atoms with E-state index in [1.807, 2.05) is 69.6 Å². The first-order chi connectivity index (χ1) is 12.9. The minimum atomic E-state index is -0.119. The van der Waals surface area contributed by atoms with Crippen LogP contribution in [-0.2, 0) is 13.7 Å². The van der Waals surface area contributed by atoms with E-state index in [0.29, 0.717) is 12.2 Å². The maximum atomic E-state index is 12.6. The van der Waals surface area contributed by atoms with Crippen molar-refractivity contribution >= 4 is 21.8 Å². The van der Waals surface area contributed by atoms with E-state index in [4.69, 9.17) is 4.74 Å². The SMILES string of the molecule is Cc1nn(C)cc1C(C)NC(=O)c1cccc(COc2ccccc2Br)c1. The summed E-state index contributed by atoms with van der Waals surface area (Å²) in [6.45, 7) is 4.29. The van der Waals surface area contributed by atoms with Gasteiger partial charge in [-0.15, -0.1) is 0 Å². The van der Waals surface area contributed by atoms with Gasteiger partial charge in [-0.25, -0.2) is 0 Å². The molecular formula is C21H22BrN3O2. The third-order valence-corrected chi connectivity index (χ3v) is 4.94. The van der Waals surface area contributed by atoms with Gasteiger partial charge in [0.2, 0.25) is 0 Å². The second-order valence-electron chi connectivity index (χ2n) is 6.46. The lowest BCUT2D eigenvalue weighted by Crippen LogP contribution is -2.27. The number of carbonyl (C=O) groups excluding carboxylic acids is 1. The summed E-state index contributed by atoms with van der Waals surface area (Å²) in [5, 5.41) is 7.37. The van der Waals surface area contributed by atoms with Crippen molar-refractivity contribution < 1.29 is 9.53 Å². The first kappa shape index (κ1) is 19.2. The third kappa shape index (κ3) is 4.77. The maximum Gasteiger partial charge on any atom is 0.251 e. The predicted molar refractivity (Wildman–Crippen MR) is 109 cm³/mol. The lowest BCUT2D eigenvalue weighted by Gasteiger charge is -2.14. The molecule has 0 bridgehead atoms. The van der Waals surface area contributed by atoms with E-state index in [9.17, 15) is 4.79 Å². The third-order valence-electron chi connectivity index (χ3n) is 4.29. The van der Waals surface area contributed by atoms with E-state index in [0.717, 1.165) is 27.0 Å². The zero-order valence-corrected chi connectivity index (χ0v) is 17.2. The summed E-state index contributed by atoms with van der Waals surface area (Å²) in [6.07, 6.45) is 1.93. The first-order valence-electron chi connectivity index (χ1n) is 8.71. The fourth-order valence-electron chi connectivity index (χ4n) is 2.93. The highest BCUT2D eigenvalue weighted by atomic mass is 79.9. The van der Waals surface area contributed by atoms with E-state index < -0.39 is 0 Å². The highest BCUT2D eigenvalue weighted by Crippen LogP contribution is 2.25. The van der Waals surface area contributed by atoms with Crippen LogP contribution in [-0.4, -0.2) is 15.7 Å². The first-order valence-corrected chi connectivity index (χ1v) is 9.50. The fraction of sp³-hybridized carbons (Fsp3) is 0.238. The van der Waals surface area contributed by atoms with Gasteiger partial charge >= 0.3 is 0 Å². The fourth-order valence-corrected chi connectivity index (χ4v) is 3.33. The Morgan fingerprint density at radius 2 is 2.04 bits per heavy atom. The molecule has 1 atom stereocenters. The molecule has 0 radical (unpaired) electrons. The predicted octanol–water partition coefficient (Wildman–Crippen LogP) is 4.56. The Morgan fingerprint density at radius 3 is 2.74 bits per heavy atom. The molecule has 0 saturated carbocycles. The van der Waals surface area contributed by atoms with Crippen molar-refractivity contribution in [3.05, 3.63) is 81.6 Å². The zero-order valence-electron chi connectivity index (χ0n) is 15.6. The number of carbonyl (C=O) groups is 1. The molecule has 0 aliphatic heterocycles. The van der Waals surface area contributed by atoms with Crippen molar-refractivity contribution in [1.82, 2.24) is 15.1 Å². The van der Waals surface area contributed by atoms with E-state index in [1.165, 1.54) is 0 Å². The van der Waals surface area contributed by atoms with Crippen molar-refractivity contribution in [2.24, 2.45) is 7.05 Å². The van der Waals surface area contributed by atoms with Crippen molar-refractivity contribution in [2.45, 2.75) is 26.5 Å². The normalized spacial score (nSPS) is 11.9. The zero-order chi connectivity index (χ0) is 19.4. The summed E-state index contributed by atoms with van der Waals surface area (Å²) in [5.74, 6) is 0.654. The Balaban J connectivity index is 1.66. The van der Waals surface area contributed by atoms with Crippen LogP contribution >= 0.6 is 15.9 Å². The Kier molecular flexibility index (Phi) is 5.96. The van der Waals surface area contributed by atoms with Gasteiger partial charge in [-0.2, -0.15) is 5.10 Å². The van der Waals surface area contributed by atoms with Gasteiger partial charge in [0.15, 0.2) is 0 Å². The largest absolute Gasteiger partial charge is 0.488 e. The van der Waals surface area contributed by atoms with Crippen LogP contribution in [0.15, 0.2) is 59.2 Å². The van der Waals surface area contributed by atoms with Gasteiger partial charge < -0.3 is 10.1 Å². The molecule has 0 saturated heterocycles. The highest BCUT2D eigenvalue weighted by molar-refractivity contribution is 9.10. The van der Waals surface area contributed by atoms with Crippen molar-refractivity contribution in [1.29, 1.82) is 0 Å². The van der Waals surface area contributed by atoms with Crippen LogP contribution in [0.5, 0.6) is 5.75 Å². The second-order valence-corrected chi connectivity index (χ2v) is 7.31. The van der Waals surface area contributed by atoms with Gasteiger partial charge in [0.1, 0.15) is 12.4 Å². The quantitative estimate of drug-likeness (QED) is 0.626. The molecule has 140 valence electrons. The summed E-state index contributed by atoms with van der Waals surface area (Å²) in [7, 11) is 1.87. The van der Waals surface area contributed by atoms with Crippen LogP contribution in [0.4, 0.5) is 0 Å². The number of nitrogens with zero attached hydrogens (tertiary/aromatic N) is 2. The summed E-state index contributed by atoms with van der Waals surface area (Å²) in [4.78, 5) is 12.6. The number of amides is 1. The van der Waals surface area contributed by atoms with Gasteiger partial charge in [0.25, 0.3) is 5.91 Å². The molecule has 1 N–H and O–H groups in total. The number of hydrogen-bond donors (Lipinski definition) is 1. The number of benzene rings is 2. The molecule has 6 heteroatoms. The van der Waals surface area contributed by atoms with Gasteiger partial charge in [0.05, 0.1) is 16.2 Å². The summed E-state index contributed by atoms with van der Waals surface area (Å²) in [5.41, 5.74) is 3.47. The standard InChI is InChI=1S/C21H22BrN3O2/c1-14(18-12-25(3)24-15(18)2)23-21(26)17-8-6-7-16(11-17)13-27-20-10-5-4-9-19(20)22/h4-12,14H,13H2,1-3H3,(H,23,26). The van der Waals surface area contributed by atoms with Gasteiger partial charge in [-0.1, -0.05) is 24.3 Å². The Morgan fingerprint density at radius 1 is 1.26 bits per heavy atom. The maximum absolute atomic E-state index is 12.6. The lowest BCUT2D eigenvalue weighted by atomic mass is 10.1. The van der Waals surface area contributed by atoms with Gasteiger partial charge in [-0.3, -0.25) is 9.48 Å². The molecular weight excluding hydrogens is 406 g/mol. The second kappa shape index (κ2) is 8.39. The number of ether oxygens (including phenoxy) is 1. The van der Waals surface area contributed by atoms with E-state index in [2.05, 4.69) is 26.3 Å². The molecule has 2 aromatic carbocycles. The van der Waals surface area contributed by atoms with Crippen LogP contribution in [0, 0.1) is 6.92 Å². The molecule has 3 rings (SSSR count). The van der Waals surface area contributed by atoms with Crippen LogP contribution in [0.25, 0.3) is 0 Å². The molecule has 0 aliphatic rings. The molecule has 1 unspecified atom stereocenters. The average Bonchev–Trinajstić information content (AvgIpc) is 2.99. The van der Waals surface area contributed by atoms with Crippen LogP contribution in [0.1, 0.15) is 40.1 Å². The smallest absolute Gasteiger partial charge is 0.251 e. The van der Waals surface area contributed by atoms with Crippen molar-refractivity contribution in [2.75, 3.05) is 0 Å². The topological polar surface area (TPSA) is 56.2 Å². The number of para-hydroxylation sites is 1. The van der Waals surface area contributed by atoms with E-state index in [-0.39, 0.29) is 11.9 Å². The number of rotatable bonds is 6. The molecule has 1 heterocycles. The van der Waals surface area contributed by atoms with Crippen LogP contribution in [0.2, 0.25) is 0 Å². The number of aromatic nitrogens is 2. The monoisotopic (exact) mass is 427 g/mol. The Bertz CT molecular complexity index is 952. The molecule has 0 spiro atoms. The molecule has 0 fully saturated rings. The van der Waals surface area contributed by atoms with Crippen LogP contribution in [0.3, 0.4) is 0 Å². The molecule has 5 nitrogen and oxygen atoms in total. The van der Waals surface area contributed by atoms with Crippen LogP contribution < -0.4 is 10.1 Å². The van der Waals surface area contributed by atoms with Crippen molar-refractivity contribution in [3.8, 4) is 5.75 Å². The van der Waals surface area contributed by atoms with E-state index >= 15 is 0 Å². The number of nitrogens with one attached hydrogen (secondary N) is 1. The molecule has 3 aromatic rings. The lowest BCUT2D eigenvalue weighted by molar-refractivity contribution is 0.0939. The number of halogens is 1. The summed E-state index contributed by atoms with van der Waals surface area (Å²) in [6, 6.07) is 15.1. The number of aryl methyl sites for hydroxylation is 2. The Labute approximate surface area is 167 Å². The minimum absolute atomic E-state index is 0.117. The molecule has 27 heavy (non-hydrogen) atoms. The van der Waals surface area contributed by atoms with E-state index in [1.54, 1.807) is 10.7 Å². The van der Waals surface area contributed by atoms with Gasteiger partial charge in [0, 0.05) is 24.4 Å². The Hall–Kier alpha value is -2.60.